The van der Waals surface area contributed by atoms with Gasteiger partial charge in [0.1, 0.15) is 0 Å². The van der Waals surface area contributed by atoms with Crippen LogP contribution in [0.15, 0.2) is 12.1 Å². The minimum atomic E-state index is -1.17. The summed E-state index contributed by atoms with van der Waals surface area (Å²) in [5, 5.41) is 19.1. The van der Waals surface area contributed by atoms with E-state index in [1.807, 2.05) is 17.8 Å². The lowest BCUT2D eigenvalue weighted by molar-refractivity contribution is 0.0650. The Labute approximate surface area is 237 Å². The lowest BCUT2D eigenvalue weighted by Crippen LogP contribution is -2.14. The standard InChI is InChI=1S/C33H56O4S/c1-3-5-7-8-9-10-11-12-13-14-15-16-17-18-19-20-26-38-27-21-22-28-24-25-30(32(34)35)31(33(36)37)29(28)23-6-4-2/h24-25H,3-23,26-27H2,1-2H3,(H,34,35)(H,36,37). The maximum atomic E-state index is 11.9. The maximum Gasteiger partial charge on any atom is 0.336 e. The van der Waals surface area contributed by atoms with Crippen molar-refractivity contribution < 1.29 is 19.8 Å². The van der Waals surface area contributed by atoms with Crippen molar-refractivity contribution in [3.05, 3.63) is 34.4 Å². The fourth-order valence-corrected chi connectivity index (χ4v) is 6.17. The summed E-state index contributed by atoms with van der Waals surface area (Å²) >= 11 is 1.99. The van der Waals surface area contributed by atoms with Crippen LogP contribution in [-0.2, 0) is 12.8 Å². The van der Waals surface area contributed by atoms with Crippen LogP contribution in [0.5, 0.6) is 0 Å². The molecular weight excluding hydrogens is 492 g/mol. The van der Waals surface area contributed by atoms with Crippen LogP contribution in [-0.4, -0.2) is 33.7 Å². The molecule has 1 aromatic rings. The van der Waals surface area contributed by atoms with Crippen molar-refractivity contribution in [2.75, 3.05) is 11.5 Å². The van der Waals surface area contributed by atoms with Crippen LogP contribution in [0.4, 0.5) is 0 Å². The number of rotatable bonds is 26. The molecule has 38 heavy (non-hydrogen) atoms. The number of aryl methyl sites for hydroxylation is 1. The van der Waals surface area contributed by atoms with Gasteiger partial charge in [0.25, 0.3) is 0 Å². The Bertz CT molecular complexity index is 762. The highest BCUT2D eigenvalue weighted by Gasteiger charge is 2.22. The Morgan fingerprint density at radius 3 is 1.53 bits per heavy atom. The zero-order chi connectivity index (χ0) is 27.8. The first-order chi connectivity index (χ1) is 18.5. The van der Waals surface area contributed by atoms with Gasteiger partial charge < -0.3 is 10.2 Å². The second-order valence-corrected chi connectivity index (χ2v) is 12.1. The molecule has 0 saturated carbocycles. The van der Waals surface area contributed by atoms with Crippen molar-refractivity contribution in [1.29, 1.82) is 0 Å². The zero-order valence-electron chi connectivity index (χ0n) is 24.5. The molecule has 0 radical (unpaired) electrons. The highest BCUT2D eigenvalue weighted by atomic mass is 32.2. The van der Waals surface area contributed by atoms with Crippen LogP contribution in [0.2, 0.25) is 0 Å². The average Bonchev–Trinajstić information content (AvgIpc) is 2.90. The van der Waals surface area contributed by atoms with Gasteiger partial charge in [0, 0.05) is 0 Å². The van der Waals surface area contributed by atoms with Crippen molar-refractivity contribution in [2.24, 2.45) is 0 Å². The van der Waals surface area contributed by atoms with Crippen LogP contribution in [0.1, 0.15) is 168 Å². The predicted octanol–water partition coefficient (Wildman–Crippen LogP) is 10.4. The van der Waals surface area contributed by atoms with E-state index in [1.54, 1.807) is 0 Å². The van der Waals surface area contributed by atoms with E-state index in [9.17, 15) is 19.8 Å². The van der Waals surface area contributed by atoms with Crippen LogP contribution in [0.25, 0.3) is 0 Å². The summed E-state index contributed by atoms with van der Waals surface area (Å²) in [7, 11) is 0. The van der Waals surface area contributed by atoms with E-state index < -0.39 is 11.9 Å². The number of carboxylic acids is 2. The molecule has 0 unspecified atom stereocenters. The second kappa shape index (κ2) is 23.4. The zero-order valence-corrected chi connectivity index (χ0v) is 25.4. The van der Waals surface area contributed by atoms with Crippen molar-refractivity contribution in [1.82, 2.24) is 0 Å². The molecule has 0 fully saturated rings. The molecule has 1 aromatic carbocycles. The Morgan fingerprint density at radius 2 is 1.05 bits per heavy atom. The van der Waals surface area contributed by atoms with Gasteiger partial charge in [0.2, 0.25) is 0 Å². The van der Waals surface area contributed by atoms with Gasteiger partial charge in [-0.2, -0.15) is 11.8 Å². The van der Waals surface area contributed by atoms with E-state index in [1.165, 1.54) is 115 Å². The minimum Gasteiger partial charge on any atom is -0.478 e. The maximum absolute atomic E-state index is 11.9. The molecule has 0 atom stereocenters. The molecule has 0 aromatic heterocycles. The normalized spacial score (nSPS) is 11.2. The minimum absolute atomic E-state index is 0.00994. The summed E-state index contributed by atoms with van der Waals surface area (Å²) < 4.78 is 0. The summed E-state index contributed by atoms with van der Waals surface area (Å²) in [6.07, 6.45) is 26.6. The molecule has 2 N–H and O–H groups in total. The summed E-state index contributed by atoms with van der Waals surface area (Å²) in [6, 6.07) is 3.31. The van der Waals surface area contributed by atoms with E-state index in [0.717, 1.165) is 42.6 Å². The molecule has 0 aliphatic heterocycles. The summed E-state index contributed by atoms with van der Waals surface area (Å²) in [4.78, 5) is 23.4. The molecule has 4 nitrogen and oxygen atoms in total. The van der Waals surface area contributed by atoms with E-state index >= 15 is 0 Å². The molecule has 0 aliphatic rings. The average molecular weight is 549 g/mol. The van der Waals surface area contributed by atoms with Gasteiger partial charge in [-0.15, -0.1) is 0 Å². The van der Waals surface area contributed by atoms with Gasteiger partial charge in [0.05, 0.1) is 11.1 Å². The van der Waals surface area contributed by atoms with Gasteiger partial charge >= 0.3 is 11.9 Å². The lowest BCUT2D eigenvalue weighted by Gasteiger charge is -2.15. The van der Waals surface area contributed by atoms with Crippen LogP contribution < -0.4 is 0 Å². The molecule has 0 saturated heterocycles. The Kier molecular flexibility index (Phi) is 21.3. The SMILES string of the molecule is CCCCCCCCCCCCCCCCCCSCCCc1ccc(C(=O)O)c(C(=O)O)c1CCCC. The summed E-state index contributed by atoms with van der Waals surface area (Å²) in [6.45, 7) is 4.35. The first-order valence-electron chi connectivity index (χ1n) is 15.7. The molecule has 218 valence electrons. The fourth-order valence-electron chi connectivity index (χ4n) is 5.21. The fraction of sp³-hybridized carbons (Fsp3) is 0.758. The number of carboxylic acid groups (broad SMARTS) is 2. The van der Waals surface area contributed by atoms with Crippen LogP contribution >= 0.6 is 11.8 Å². The Hall–Kier alpha value is -1.49. The van der Waals surface area contributed by atoms with Gasteiger partial charge in [-0.25, -0.2) is 9.59 Å². The van der Waals surface area contributed by atoms with Gasteiger partial charge in [-0.3, -0.25) is 0 Å². The highest BCUT2D eigenvalue weighted by Crippen LogP contribution is 2.24. The Morgan fingerprint density at radius 1 is 0.579 bits per heavy atom. The van der Waals surface area contributed by atoms with Crippen molar-refractivity contribution in [3.63, 3.8) is 0 Å². The van der Waals surface area contributed by atoms with Crippen molar-refractivity contribution >= 4 is 23.7 Å². The molecule has 0 amide bonds. The number of carbonyl (C=O) groups is 2. The number of aromatic carboxylic acids is 2. The third-order valence-corrected chi connectivity index (χ3v) is 8.67. The van der Waals surface area contributed by atoms with Crippen LogP contribution in [0.3, 0.4) is 0 Å². The molecule has 0 heterocycles. The second-order valence-electron chi connectivity index (χ2n) is 10.9. The highest BCUT2D eigenvalue weighted by molar-refractivity contribution is 7.99. The number of hydrogen-bond acceptors (Lipinski definition) is 3. The number of benzene rings is 1. The third kappa shape index (κ3) is 15.8. The van der Waals surface area contributed by atoms with E-state index in [-0.39, 0.29) is 11.1 Å². The molecule has 0 spiro atoms. The smallest absolute Gasteiger partial charge is 0.336 e. The molecule has 0 bridgehead atoms. The quantitative estimate of drug-likeness (QED) is 0.113. The van der Waals surface area contributed by atoms with Gasteiger partial charge in [-0.05, 0) is 60.8 Å². The van der Waals surface area contributed by atoms with E-state index in [2.05, 4.69) is 13.8 Å². The number of hydrogen-bond donors (Lipinski definition) is 2. The third-order valence-electron chi connectivity index (χ3n) is 7.51. The summed E-state index contributed by atoms with van der Waals surface area (Å²) in [5.74, 6) is -0.0385. The molecular formula is C33H56O4S. The van der Waals surface area contributed by atoms with Gasteiger partial charge in [-0.1, -0.05) is 123 Å². The molecule has 0 aliphatic carbocycles. The largest absolute Gasteiger partial charge is 0.478 e. The van der Waals surface area contributed by atoms with Crippen molar-refractivity contribution in [2.45, 2.75) is 149 Å². The first kappa shape index (κ1) is 34.5. The van der Waals surface area contributed by atoms with Gasteiger partial charge in [0.15, 0.2) is 0 Å². The van der Waals surface area contributed by atoms with E-state index in [0.29, 0.717) is 6.42 Å². The first-order valence-corrected chi connectivity index (χ1v) is 16.9. The van der Waals surface area contributed by atoms with Crippen LogP contribution in [0, 0.1) is 0 Å². The monoisotopic (exact) mass is 548 g/mol. The summed E-state index contributed by atoms with van der Waals surface area (Å²) in [5.41, 5.74) is 1.63. The molecule has 5 heteroatoms. The lowest BCUT2D eigenvalue weighted by atomic mass is 9.90. The van der Waals surface area contributed by atoms with E-state index in [4.69, 9.17) is 0 Å². The number of thioether (sulfide) groups is 1. The van der Waals surface area contributed by atoms with Crippen molar-refractivity contribution in [3.8, 4) is 0 Å². The predicted molar refractivity (Wildman–Crippen MR) is 164 cm³/mol. The molecule has 1 rings (SSSR count). The number of unbranched alkanes of at least 4 members (excludes halogenated alkanes) is 16. The Balaban J connectivity index is 2.09. The topological polar surface area (TPSA) is 74.6 Å².